The van der Waals surface area contributed by atoms with E-state index in [-0.39, 0.29) is 0 Å². The molecule has 0 aliphatic carbocycles. The smallest absolute Gasteiger partial charge is 0.310 e. The first-order chi connectivity index (χ1) is 9.19. The van der Waals surface area contributed by atoms with Crippen molar-refractivity contribution in [2.24, 2.45) is 0 Å². The van der Waals surface area contributed by atoms with E-state index < -0.39 is 11.9 Å². The molecule has 0 aliphatic rings. The van der Waals surface area contributed by atoms with Crippen LogP contribution in [0.3, 0.4) is 0 Å². The first kappa shape index (κ1) is 15.5. The van der Waals surface area contributed by atoms with Crippen molar-refractivity contribution >= 4 is 5.97 Å². The van der Waals surface area contributed by atoms with E-state index in [1.165, 1.54) is 12.8 Å². The molecule has 1 atom stereocenters. The molecule has 106 valence electrons. The second kappa shape index (κ2) is 8.57. The number of unbranched alkanes of at least 4 members (excludes halogenated alkanes) is 3. The van der Waals surface area contributed by atoms with E-state index in [2.05, 4.69) is 6.92 Å². The van der Waals surface area contributed by atoms with Crippen LogP contribution in [0.15, 0.2) is 24.3 Å². The van der Waals surface area contributed by atoms with Crippen LogP contribution in [0.5, 0.6) is 5.75 Å². The number of benzene rings is 1. The van der Waals surface area contributed by atoms with Gasteiger partial charge in [-0.1, -0.05) is 44.7 Å². The maximum Gasteiger partial charge on any atom is 0.310 e. The van der Waals surface area contributed by atoms with Crippen LogP contribution in [0, 0.1) is 0 Å². The van der Waals surface area contributed by atoms with Gasteiger partial charge in [0.25, 0.3) is 0 Å². The number of hydrogen-bond acceptors (Lipinski definition) is 2. The standard InChI is InChI=1S/C16H24O3/c1-3-5-6-7-8-15(16(17)18)13-9-11-14(12-10-13)19-4-2/h9-12,15H,3-8H2,1-2H3,(H,17,18). The average molecular weight is 264 g/mol. The molecule has 0 radical (unpaired) electrons. The molecule has 3 nitrogen and oxygen atoms in total. The topological polar surface area (TPSA) is 46.5 Å². The van der Waals surface area contributed by atoms with Crippen molar-refractivity contribution in [1.29, 1.82) is 0 Å². The van der Waals surface area contributed by atoms with E-state index in [1.807, 2.05) is 31.2 Å². The molecular formula is C16H24O3. The van der Waals surface area contributed by atoms with Gasteiger partial charge in [-0.25, -0.2) is 0 Å². The van der Waals surface area contributed by atoms with Gasteiger partial charge in [0.2, 0.25) is 0 Å². The molecule has 1 aromatic rings. The molecule has 19 heavy (non-hydrogen) atoms. The Hall–Kier alpha value is -1.51. The molecular weight excluding hydrogens is 240 g/mol. The zero-order chi connectivity index (χ0) is 14.1. The van der Waals surface area contributed by atoms with Gasteiger partial charge >= 0.3 is 5.97 Å². The van der Waals surface area contributed by atoms with Crippen LogP contribution in [-0.4, -0.2) is 17.7 Å². The van der Waals surface area contributed by atoms with Crippen LogP contribution in [0.1, 0.15) is 57.4 Å². The van der Waals surface area contributed by atoms with E-state index in [0.29, 0.717) is 13.0 Å². The fourth-order valence-corrected chi connectivity index (χ4v) is 2.17. The van der Waals surface area contributed by atoms with Crippen LogP contribution in [0.25, 0.3) is 0 Å². The van der Waals surface area contributed by atoms with Crippen LogP contribution >= 0.6 is 0 Å². The number of rotatable bonds is 9. The van der Waals surface area contributed by atoms with Crippen molar-refractivity contribution < 1.29 is 14.6 Å². The molecule has 1 unspecified atom stereocenters. The maximum atomic E-state index is 11.3. The highest BCUT2D eigenvalue weighted by molar-refractivity contribution is 5.76. The van der Waals surface area contributed by atoms with Gasteiger partial charge in [0, 0.05) is 0 Å². The highest BCUT2D eigenvalue weighted by atomic mass is 16.5. The lowest BCUT2D eigenvalue weighted by molar-refractivity contribution is -0.139. The van der Waals surface area contributed by atoms with Crippen LogP contribution in [-0.2, 0) is 4.79 Å². The highest BCUT2D eigenvalue weighted by Gasteiger charge is 2.19. The van der Waals surface area contributed by atoms with Gasteiger partial charge in [0.1, 0.15) is 5.75 Å². The number of aliphatic carboxylic acids is 1. The molecule has 0 heterocycles. The molecule has 0 bridgehead atoms. The van der Waals surface area contributed by atoms with Crippen molar-refractivity contribution in [2.45, 2.75) is 51.9 Å². The molecule has 0 amide bonds. The Labute approximate surface area is 115 Å². The lowest BCUT2D eigenvalue weighted by Crippen LogP contribution is -2.11. The zero-order valence-corrected chi connectivity index (χ0v) is 11.9. The molecule has 0 aromatic heterocycles. The second-order valence-corrected chi connectivity index (χ2v) is 4.74. The van der Waals surface area contributed by atoms with E-state index in [4.69, 9.17) is 4.74 Å². The maximum absolute atomic E-state index is 11.3. The predicted octanol–water partition coefficient (Wildman–Crippen LogP) is 4.22. The van der Waals surface area contributed by atoms with Crippen molar-refractivity contribution in [3.8, 4) is 5.75 Å². The first-order valence-corrected chi connectivity index (χ1v) is 7.14. The van der Waals surface area contributed by atoms with Crippen LogP contribution < -0.4 is 4.74 Å². The second-order valence-electron chi connectivity index (χ2n) is 4.74. The third-order valence-electron chi connectivity index (χ3n) is 3.24. The minimum Gasteiger partial charge on any atom is -0.494 e. The predicted molar refractivity (Wildman–Crippen MR) is 76.7 cm³/mol. The Balaban J connectivity index is 2.62. The molecule has 0 saturated heterocycles. The fraction of sp³-hybridized carbons (Fsp3) is 0.562. The van der Waals surface area contributed by atoms with Gasteiger partial charge in [-0.05, 0) is 31.0 Å². The molecule has 0 fully saturated rings. The van der Waals surface area contributed by atoms with Gasteiger partial charge < -0.3 is 9.84 Å². The first-order valence-electron chi connectivity index (χ1n) is 7.14. The van der Waals surface area contributed by atoms with E-state index >= 15 is 0 Å². The van der Waals surface area contributed by atoms with Gasteiger partial charge in [-0.15, -0.1) is 0 Å². The number of carbonyl (C=O) groups is 1. The van der Waals surface area contributed by atoms with E-state index in [9.17, 15) is 9.90 Å². The van der Waals surface area contributed by atoms with Crippen molar-refractivity contribution in [1.82, 2.24) is 0 Å². The molecule has 0 spiro atoms. The Morgan fingerprint density at radius 2 is 1.84 bits per heavy atom. The van der Waals surface area contributed by atoms with Crippen molar-refractivity contribution in [3.63, 3.8) is 0 Å². The van der Waals surface area contributed by atoms with Gasteiger partial charge in [0.15, 0.2) is 0 Å². The lowest BCUT2D eigenvalue weighted by atomic mass is 9.93. The Morgan fingerprint density at radius 3 is 2.37 bits per heavy atom. The highest BCUT2D eigenvalue weighted by Crippen LogP contribution is 2.25. The summed E-state index contributed by atoms with van der Waals surface area (Å²) in [7, 11) is 0. The van der Waals surface area contributed by atoms with E-state index in [0.717, 1.165) is 24.2 Å². The lowest BCUT2D eigenvalue weighted by Gasteiger charge is -2.13. The van der Waals surface area contributed by atoms with Crippen molar-refractivity contribution in [2.75, 3.05) is 6.61 Å². The normalized spacial score (nSPS) is 12.1. The summed E-state index contributed by atoms with van der Waals surface area (Å²) in [5, 5.41) is 9.32. The van der Waals surface area contributed by atoms with E-state index in [1.54, 1.807) is 0 Å². The zero-order valence-electron chi connectivity index (χ0n) is 11.9. The van der Waals surface area contributed by atoms with Crippen molar-refractivity contribution in [3.05, 3.63) is 29.8 Å². The average Bonchev–Trinajstić information content (AvgIpc) is 2.40. The Bertz CT molecular complexity index is 370. The summed E-state index contributed by atoms with van der Waals surface area (Å²) in [6.07, 6.45) is 5.13. The monoisotopic (exact) mass is 264 g/mol. The van der Waals surface area contributed by atoms with Gasteiger partial charge in [0.05, 0.1) is 12.5 Å². The molecule has 3 heteroatoms. The summed E-state index contributed by atoms with van der Waals surface area (Å²) in [5.41, 5.74) is 0.868. The summed E-state index contributed by atoms with van der Waals surface area (Å²) in [5.74, 6) is -0.338. The van der Waals surface area contributed by atoms with Crippen LogP contribution in [0.4, 0.5) is 0 Å². The minimum atomic E-state index is -0.736. The molecule has 1 N–H and O–H groups in total. The molecule has 0 aliphatic heterocycles. The number of carboxylic acids is 1. The third kappa shape index (κ3) is 5.33. The number of carboxylic acid groups (broad SMARTS) is 1. The SMILES string of the molecule is CCCCCCC(C(=O)O)c1ccc(OCC)cc1. The fourth-order valence-electron chi connectivity index (χ4n) is 2.17. The Morgan fingerprint density at radius 1 is 1.16 bits per heavy atom. The minimum absolute atomic E-state index is 0.396. The Kier molecular flexibility index (Phi) is 7.01. The quantitative estimate of drug-likeness (QED) is 0.679. The summed E-state index contributed by atoms with van der Waals surface area (Å²) in [6, 6.07) is 7.43. The molecule has 1 aromatic carbocycles. The third-order valence-corrected chi connectivity index (χ3v) is 3.24. The molecule has 1 rings (SSSR count). The van der Waals surface area contributed by atoms with Gasteiger partial charge in [-0.2, -0.15) is 0 Å². The largest absolute Gasteiger partial charge is 0.494 e. The summed E-state index contributed by atoms with van der Waals surface area (Å²) >= 11 is 0. The summed E-state index contributed by atoms with van der Waals surface area (Å²) in [6.45, 7) is 4.71. The molecule has 0 saturated carbocycles. The summed E-state index contributed by atoms with van der Waals surface area (Å²) < 4.78 is 5.37. The van der Waals surface area contributed by atoms with Gasteiger partial charge in [-0.3, -0.25) is 4.79 Å². The summed E-state index contributed by atoms with van der Waals surface area (Å²) in [4.78, 5) is 11.3. The number of hydrogen-bond donors (Lipinski definition) is 1. The van der Waals surface area contributed by atoms with Crippen LogP contribution in [0.2, 0.25) is 0 Å². The number of ether oxygens (including phenoxy) is 1.